The maximum absolute atomic E-state index is 10.8. The van der Waals surface area contributed by atoms with Crippen molar-refractivity contribution in [3.05, 3.63) is 65.7 Å². The number of hydrogen-bond acceptors (Lipinski definition) is 2. The second kappa shape index (κ2) is 7.48. The molecule has 21 heavy (non-hydrogen) atoms. The first-order valence-electron chi connectivity index (χ1n) is 7.13. The van der Waals surface area contributed by atoms with Crippen LogP contribution in [0.5, 0.6) is 5.75 Å². The molecule has 2 rings (SSSR count). The van der Waals surface area contributed by atoms with E-state index in [1.54, 1.807) is 6.92 Å². The van der Waals surface area contributed by atoms with Crippen LogP contribution in [0.4, 0.5) is 0 Å². The highest BCUT2D eigenvalue weighted by atomic mass is 16.5. The van der Waals surface area contributed by atoms with Crippen molar-refractivity contribution in [3.63, 3.8) is 0 Å². The lowest BCUT2D eigenvalue weighted by Crippen LogP contribution is -2.12. The van der Waals surface area contributed by atoms with Crippen molar-refractivity contribution in [1.29, 1.82) is 0 Å². The highest BCUT2D eigenvalue weighted by Crippen LogP contribution is 2.15. The Labute approximate surface area is 125 Å². The second-order valence-electron chi connectivity index (χ2n) is 5.17. The molecule has 0 bridgehead atoms. The minimum absolute atomic E-state index is 0.366. The Morgan fingerprint density at radius 1 is 1.05 bits per heavy atom. The summed E-state index contributed by atoms with van der Waals surface area (Å²) < 4.78 is 5.70. The van der Waals surface area contributed by atoms with E-state index in [-0.39, 0.29) is 5.92 Å². The Morgan fingerprint density at radius 2 is 1.71 bits per heavy atom. The lowest BCUT2D eigenvalue weighted by molar-refractivity contribution is -0.141. The molecule has 0 spiro atoms. The molecule has 0 aliphatic rings. The first-order valence-corrected chi connectivity index (χ1v) is 7.13. The maximum Gasteiger partial charge on any atom is 0.306 e. The fourth-order valence-electron chi connectivity index (χ4n) is 2.09. The van der Waals surface area contributed by atoms with Gasteiger partial charge in [0.15, 0.2) is 0 Å². The molecule has 1 N–H and O–H groups in total. The van der Waals surface area contributed by atoms with E-state index in [1.165, 1.54) is 5.56 Å². The Kier molecular flexibility index (Phi) is 5.38. The van der Waals surface area contributed by atoms with Gasteiger partial charge in [0.25, 0.3) is 0 Å². The molecule has 0 aliphatic heterocycles. The first-order chi connectivity index (χ1) is 10.1. The smallest absolute Gasteiger partial charge is 0.306 e. The number of aliphatic carboxylic acids is 1. The van der Waals surface area contributed by atoms with E-state index in [0.717, 1.165) is 17.7 Å². The van der Waals surface area contributed by atoms with Gasteiger partial charge in [-0.05, 0) is 29.7 Å². The minimum atomic E-state index is -0.766. The zero-order chi connectivity index (χ0) is 15.1. The average molecular weight is 284 g/mol. The Morgan fingerprint density at radius 3 is 2.33 bits per heavy atom. The summed E-state index contributed by atoms with van der Waals surface area (Å²) in [7, 11) is 0. The summed E-state index contributed by atoms with van der Waals surface area (Å²) in [6.07, 6.45) is 1.41. The summed E-state index contributed by atoms with van der Waals surface area (Å²) in [6, 6.07) is 17.9. The molecule has 2 aromatic carbocycles. The molecule has 0 saturated carbocycles. The van der Waals surface area contributed by atoms with Crippen LogP contribution in [-0.4, -0.2) is 17.7 Å². The molecule has 0 aromatic heterocycles. The van der Waals surface area contributed by atoms with Gasteiger partial charge in [-0.3, -0.25) is 4.79 Å². The van der Waals surface area contributed by atoms with Gasteiger partial charge in [-0.25, -0.2) is 0 Å². The van der Waals surface area contributed by atoms with Crippen molar-refractivity contribution >= 4 is 5.97 Å². The van der Waals surface area contributed by atoms with Crippen LogP contribution in [0.25, 0.3) is 0 Å². The summed E-state index contributed by atoms with van der Waals surface area (Å²) in [5, 5.41) is 8.90. The van der Waals surface area contributed by atoms with Gasteiger partial charge in [-0.2, -0.15) is 0 Å². The lowest BCUT2D eigenvalue weighted by atomic mass is 10.0. The zero-order valence-corrected chi connectivity index (χ0v) is 12.2. The number of hydrogen-bond donors (Lipinski definition) is 1. The van der Waals surface area contributed by atoms with E-state index in [0.29, 0.717) is 13.0 Å². The van der Waals surface area contributed by atoms with Gasteiger partial charge in [-0.15, -0.1) is 0 Å². The first kappa shape index (κ1) is 15.1. The molecule has 0 heterocycles. The molecule has 2 aromatic rings. The van der Waals surface area contributed by atoms with Crippen LogP contribution in [0.1, 0.15) is 18.1 Å². The molecule has 0 amide bonds. The quantitative estimate of drug-likeness (QED) is 0.845. The number of carboxylic acid groups (broad SMARTS) is 1. The number of benzene rings is 2. The molecular weight excluding hydrogens is 264 g/mol. The Bertz CT molecular complexity index is 561. The lowest BCUT2D eigenvalue weighted by Gasteiger charge is -2.09. The zero-order valence-electron chi connectivity index (χ0n) is 12.2. The topological polar surface area (TPSA) is 46.5 Å². The largest absolute Gasteiger partial charge is 0.493 e. The van der Waals surface area contributed by atoms with E-state index < -0.39 is 5.97 Å². The average Bonchev–Trinajstić information content (AvgIpc) is 2.50. The Hall–Kier alpha value is -2.29. The van der Waals surface area contributed by atoms with Gasteiger partial charge in [0.1, 0.15) is 5.75 Å². The van der Waals surface area contributed by atoms with Gasteiger partial charge >= 0.3 is 5.97 Å². The third-order valence-electron chi connectivity index (χ3n) is 3.39. The van der Waals surface area contributed by atoms with E-state index in [4.69, 9.17) is 9.84 Å². The maximum atomic E-state index is 10.8. The predicted octanol–water partition coefficient (Wildman–Crippen LogP) is 3.57. The summed E-state index contributed by atoms with van der Waals surface area (Å²) in [4.78, 5) is 10.8. The van der Waals surface area contributed by atoms with Crippen molar-refractivity contribution in [2.75, 3.05) is 6.61 Å². The van der Waals surface area contributed by atoms with Crippen LogP contribution in [0.15, 0.2) is 54.6 Å². The fourth-order valence-corrected chi connectivity index (χ4v) is 2.09. The number of carbonyl (C=O) groups is 1. The van der Waals surface area contributed by atoms with Crippen molar-refractivity contribution in [2.24, 2.45) is 5.92 Å². The number of ether oxygens (including phenoxy) is 1. The molecule has 110 valence electrons. The van der Waals surface area contributed by atoms with Crippen LogP contribution in [0, 0.1) is 5.92 Å². The fraction of sp³-hybridized carbons (Fsp3) is 0.278. The number of rotatable bonds is 7. The summed E-state index contributed by atoms with van der Waals surface area (Å²) in [5.41, 5.74) is 2.27. The molecule has 3 nitrogen and oxygen atoms in total. The Balaban J connectivity index is 1.81. The molecule has 1 unspecified atom stereocenters. The normalized spacial score (nSPS) is 11.9. The monoisotopic (exact) mass is 284 g/mol. The van der Waals surface area contributed by atoms with Gasteiger partial charge < -0.3 is 9.84 Å². The number of carboxylic acids is 1. The van der Waals surface area contributed by atoms with Crippen molar-refractivity contribution < 1.29 is 14.6 Å². The third-order valence-corrected chi connectivity index (χ3v) is 3.39. The van der Waals surface area contributed by atoms with Crippen LogP contribution >= 0.6 is 0 Å². The molecule has 0 aliphatic carbocycles. The standard InChI is InChI=1S/C18H20O3/c1-14(18(19)20)13-16-7-9-17(10-8-16)21-12-11-15-5-3-2-4-6-15/h2-10,14H,11-13H2,1H3,(H,19,20). The van der Waals surface area contributed by atoms with E-state index in [1.807, 2.05) is 42.5 Å². The summed E-state index contributed by atoms with van der Waals surface area (Å²) >= 11 is 0. The SMILES string of the molecule is CC(Cc1ccc(OCCc2ccccc2)cc1)C(=O)O. The molecule has 0 radical (unpaired) electrons. The van der Waals surface area contributed by atoms with Gasteiger partial charge in [0.2, 0.25) is 0 Å². The molecule has 0 saturated heterocycles. The van der Waals surface area contributed by atoms with Crippen LogP contribution in [-0.2, 0) is 17.6 Å². The minimum Gasteiger partial charge on any atom is -0.493 e. The molecule has 0 fully saturated rings. The van der Waals surface area contributed by atoms with Crippen molar-refractivity contribution in [3.8, 4) is 5.75 Å². The van der Waals surface area contributed by atoms with Crippen LogP contribution in [0.2, 0.25) is 0 Å². The van der Waals surface area contributed by atoms with Gasteiger partial charge in [0.05, 0.1) is 12.5 Å². The predicted molar refractivity (Wildman–Crippen MR) is 82.6 cm³/mol. The van der Waals surface area contributed by atoms with Crippen LogP contribution < -0.4 is 4.74 Å². The van der Waals surface area contributed by atoms with Gasteiger partial charge in [0, 0.05) is 6.42 Å². The van der Waals surface area contributed by atoms with Crippen LogP contribution in [0.3, 0.4) is 0 Å². The third kappa shape index (κ3) is 4.95. The second-order valence-corrected chi connectivity index (χ2v) is 5.17. The molecule has 3 heteroatoms. The summed E-state index contributed by atoms with van der Waals surface area (Å²) in [5.74, 6) is -0.314. The van der Waals surface area contributed by atoms with E-state index >= 15 is 0 Å². The van der Waals surface area contributed by atoms with Gasteiger partial charge in [-0.1, -0.05) is 49.4 Å². The van der Waals surface area contributed by atoms with E-state index in [9.17, 15) is 4.79 Å². The van der Waals surface area contributed by atoms with E-state index in [2.05, 4.69) is 12.1 Å². The molecule has 1 atom stereocenters. The van der Waals surface area contributed by atoms with Crippen molar-refractivity contribution in [2.45, 2.75) is 19.8 Å². The van der Waals surface area contributed by atoms with Crippen molar-refractivity contribution in [1.82, 2.24) is 0 Å². The highest BCUT2D eigenvalue weighted by Gasteiger charge is 2.11. The molecular formula is C18H20O3. The highest BCUT2D eigenvalue weighted by molar-refractivity contribution is 5.69. The summed E-state index contributed by atoms with van der Waals surface area (Å²) in [6.45, 7) is 2.35.